The van der Waals surface area contributed by atoms with E-state index in [0.29, 0.717) is 25.1 Å². The van der Waals surface area contributed by atoms with Crippen molar-refractivity contribution in [2.24, 2.45) is 5.92 Å². The molecular weight excluding hydrogens is 473 g/mol. The van der Waals surface area contributed by atoms with Gasteiger partial charge in [0.1, 0.15) is 30.2 Å². The maximum Gasteiger partial charge on any atom is 0.410 e. The quantitative estimate of drug-likeness (QED) is 0.649. The number of hydrogen-bond donors (Lipinski definition) is 1. The summed E-state index contributed by atoms with van der Waals surface area (Å²) in [5, 5.41) is 0. The number of amides is 2. The molecule has 2 fully saturated rings. The molecule has 188 valence electrons. The largest absolute Gasteiger partial charge is 0.487 e. The molecule has 35 heavy (non-hydrogen) atoms. The highest BCUT2D eigenvalue weighted by atomic mass is 32.2. The van der Waals surface area contributed by atoms with E-state index >= 15 is 4.39 Å². The Morgan fingerprint density at radius 1 is 1.20 bits per heavy atom. The molecule has 2 unspecified atom stereocenters. The normalized spacial score (nSPS) is 20.2. The molecule has 0 saturated carbocycles. The van der Waals surface area contributed by atoms with E-state index in [2.05, 4.69) is 4.72 Å². The molecule has 1 N–H and O–H groups in total. The third-order valence-corrected chi connectivity index (χ3v) is 6.89. The first kappa shape index (κ1) is 25.0. The van der Waals surface area contributed by atoms with Gasteiger partial charge in [0.2, 0.25) is 11.2 Å². The van der Waals surface area contributed by atoms with Crippen molar-refractivity contribution in [2.45, 2.75) is 45.8 Å². The number of carbonyl (C=O) groups excluding carboxylic acids is 2. The number of halogens is 1. The number of hydrogen-bond acceptors (Lipinski definition) is 5. The molecule has 4 rings (SSSR count). The van der Waals surface area contributed by atoms with E-state index in [9.17, 15) is 13.8 Å². The van der Waals surface area contributed by atoms with E-state index in [0.717, 1.165) is 12.0 Å². The Hall–Kier alpha value is -3.14. The van der Waals surface area contributed by atoms with Crippen LogP contribution in [0.4, 0.5) is 14.9 Å². The van der Waals surface area contributed by atoms with Crippen LogP contribution < -0.4 is 13.8 Å². The predicted octanol–water partition coefficient (Wildman–Crippen LogP) is 3.72. The summed E-state index contributed by atoms with van der Waals surface area (Å²) in [6.07, 6.45) is 0.734. The minimum atomic E-state index is -1.90. The average molecular weight is 504 g/mol. The van der Waals surface area contributed by atoms with Crippen LogP contribution in [0, 0.1) is 11.7 Å². The maximum atomic E-state index is 15.8. The lowest BCUT2D eigenvalue weighted by Crippen LogP contribution is -2.35. The van der Waals surface area contributed by atoms with Gasteiger partial charge in [0, 0.05) is 13.1 Å². The zero-order valence-corrected chi connectivity index (χ0v) is 20.9. The molecule has 10 heteroatoms. The first-order chi connectivity index (χ1) is 16.6. The Kier molecular flexibility index (Phi) is 7.30. The van der Waals surface area contributed by atoms with Crippen LogP contribution in [0.25, 0.3) is 0 Å². The molecule has 2 atom stereocenters. The van der Waals surface area contributed by atoms with Gasteiger partial charge in [0.25, 0.3) is 5.91 Å². The SMILES string of the molecule is CC(C)(C)OC(=O)N1CCC(Cc2ccc(OCc3ccccc3)c(N3CC(=O)NS3=O)c2F)C1. The van der Waals surface area contributed by atoms with Gasteiger partial charge in [-0.1, -0.05) is 36.4 Å². The lowest BCUT2D eigenvalue weighted by molar-refractivity contribution is -0.117. The topological polar surface area (TPSA) is 88.2 Å². The third kappa shape index (κ3) is 6.11. The van der Waals surface area contributed by atoms with Gasteiger partial charge in [0.15, 0.2) is 5.82 Å². The Morgan fingerprint density at radius 2 is 1.94 bits per heavy atom. The van der Waals surface area contributed by atoms with Crippen LogP contribution in [-0.2, 0) is 33.7 Å². The van der Waals surface area contributed by atoms with Gasteiger partial charge in [-0.2, -0.15) is 0 Å². The number of nitrogens with zero attached hydrogens (tertiary/aromatic N) is 2. The van der Waals surface area contributed by atoms with Crippen LogP contribution in [0.3, 0.4) is 0 Å². The molecule has 2 aromatic rings. The minimum Gasteiger partial charge on any atom is -0.487 e. The van der Waals surface area contributed by atoms with E-state index < -0.39 is 28.5 Å². The standard InChI is InChI=1S/C25H30FN3O5S/c1-25(2,3)34-24(31)28-12-11-18(14-28)13-19-9-10-20(33-16-17-7-5-4-6-8-17)23(22(19)26)29-15-21(30)27-35(29)32/h4-10,18H,11-16H2,1-3H3,(H,27,30). The van der Waals surface area contributed by atoms with Crippen LogP contribution in [0.15, 0.2) is 42.5 Å². The molecule has 0 aliphatic carbocycles. The summed E-state index contributed by atoms with van der Waals surface area (Å²) in [7, 11) is 0. The van der Waals surface area contributed by atoms with Gasteiger partial charge < -0.3 is 14.4 Å². The minimum absolute atomic E-state index is 0.00268. The fraction of sp³-hybridized carbons (Fsp3) is 0.440. The summed E-state index contributed by atoms with van der Waals surface area (Å²) in [4.78, 5) is 25.9. The first-order valence-electron chi connectivity index (χ1n) is 11.6. The Bertz CT molecular complexity index is 1120. The highest BCUT2D eigenvalue weighted by Gasteiger charge is 2.34. The second kappa shape index (κ2) is 10.2. The fourth-order valence-electron chi connectivity index (χ4n) is 4.17. The number of likely N-dealkylation sites (tertiary alicyclic amines) is 1. The van der Waals surface area contributed by atoms with Crippen molar-refractivity contribution in [2.75, 3.05) is 23.9 Å². The molecule has 2 aliphatic heterocycles. The van der Waals surface area contributed by atoms with Crippen LogP contribution in [0.1, 0.15) is 38.3 Å². The first-order valence-corrected chi connectivity index (χ1v) is 12.7. The predicted molar refractivity (Wildman–Crippen MR) is 130 cm³/mol. The molecule has 0 aromatic heterocycles. The number of anilines is 1. The summed E-state index contributed by atoms with van der Waals surface area (Å²) in [5.74, 6) is -0.770. The number of ether oxygens (including phenoxy) is 2. The Morgan fingerprint density at radius 3 is 2.60 bits per heavy atom. The van der Waals surface area contributed by atoms with Crippen LogP contribution in [-0.4, -0.2) is 46.3 Å². The second-order valence-corrected chi connectivity index (χ2v) is 10.9. The molecule has 0 radical (unpaired) electrons. The number of nitrogens with one attached hydrogen (secondary N) is 1. The van der Waals surface area contributed by atoms with Gasteiger partial charge in [0.05, 0.1) is 0 Å². The average Bonchev–Trinajstić information content (AvgIpc) is 3.39. The van der Waals surface area contributed by atoms with Crippen LogP contribution >= 0.6 is 0 Å². The molecule has 8 nitrogen and oxygen atoms in total. The maximum absolute atomic E-state index is 15.8. The molecule has 2 heterocycles. The summed E-state index contributed by atoms with van der Waals surface area (Å²) in [5.41, 5.74) is 0.729. The molecule has 2 amide bonds. The van der Waals surface area contributed by atoms with Crippen LogP contribution in [0.5, 0.6) is 5.75 Å². The molecular formula is C25H30FN3O5S. The van der Waals surface area contributed by atoms with Gasteiger partial charge in [-0.3, -0.25) is 13.8 Å². The molecule has 2 aromatic carbocycles. The molecule has 0 spiro atoms. The van der Waals surface area contributed by atoms with Gasteiger partial charge in [-0.15, -0.1) is 0 Å². The lowest BCUT2D eigenvalue weighted by Gasteiger charge is -2.24. The highest BCUT2D eigenvalue weighted by molar-refractivity contribution is 7.85. The number of carbonyl (C=O) groups is 2. The van der Waals surface area contributed by atoms with Crippen molar-refractivity contribution in [3.8, 4) is 5.75 Å². The summed E-state index contributed by atoms with van der Waals surface area (Å²) in [6.45, 7) is 6.43. The van der Waals surface area contributed by atoms with Crippen LogP contribution in [0.2, 0.25) is 0 Å². The lowest BCUT2D eigenvalue weighted by atomic mass is 9.97. The summed E-state index contributed by atoms with van der Waals surface area (Å²) >= 11 is -1.90. The molecule has 2 saturated heterocycles. The highest BCUT2D eigenvalue weighted by Crippen LogP contribution is 2.37. The zero-order chi connectivity index (χ0) is 25.2. The molecule has 2 aliphatic rings. The van der Waals surface area contributed by atoms with Gasteiger partial charge in [-0.25, -0.2) is 13.4 Å². The van der Waals surface area contributed by atoms with E-state index in [1.54, 1.807) is 17.0 Å². The smallest absolute Gasteiger partial charge is 0.410 e. The van der Waals surface area contributed by atoms with E-state index in [1.807, 2.05) is 51.1 Å². The summed E-state index contributed by atoms with van der Waals surface area (Å²) in [6, 6.07) is 12.7. The molecule has 0 bridgehead atoms. The van der Waals surface area contributed by atoms with E-state index in [-0.39, 0.29) is 36.6 Å². The Labute approximate surface area is 207 Å². The van der Waals surface area contributed by atoms with Crippen molar-refractivity contribution in [3.63, 3.8) is 0 Å². The second-order valence-electron chi connectivity index (χ2n) is 9.76. The van der Waals surface area contributed by atoms with Gasteiger partial charge in [-0.05, 0) is 56.7 Å². The zero-order valence-electron chi connectivity index (χ0n) is 20.1. The Balaban J connectivity index is 1.53. The van der Waals surface area contributed by atoms with Crippen molar-refractivity contribution in [3.05, 3.63) is 59.4 Å². The van der Waals surface area contributed by atoms with Crippen molar-refractivity contribution in [1.82, 2.24) is 9.62 Å². The van der Waals surface area contributed by atoms with Crippen molar-refractivity contribution in [1.29, 1.82) is 0 Å². The van der Waals surface area contributed by atoms with Crippen molar-refractivity contribution < 1.29 is 27.7 Å². The fourth-order valence-corrected chi connectivity index (χ4v) is 5.11. The number of benzene rings is 2. The monoisotopic (exact) mass is 503 g/mol. The third-order valence-electron chi connectivity index (χ3n) is 5.78. The van der Waals surface area contributed by atoms with E-state index in [1.165, 1.54) is 4.31 Å². The summed E-state index contributed by atoms with van der Waals surface area (Å²) < 4.78 is 43.1. The van der Waals surface area contributed by atoms with Gasteiger partial charge >= 0.3 is 6.09 Å². The van der Waals surface area contributed by atoms with E-state index in [4.69, 9.17) is 9.47 Å². The van der Waals surface area contributed by atoms with Crippen molar-refractivity contribution >= 4 is 28.9 Å². The number of rotatable bonds is 6.